The number of rotatable bonds is 6. The molecule has 0 aromatic carbocycles. The molecule has 27 heavy (non-hydrogen) atoms. The molecular weight excluding hydrogens is 382 g/mol. The highest BCUT2D eigenvalue weighted by Gasteiger charge is 2.35. The Morgan fingerprint density at radius 2 is 2.00 bits per heavy atom. The lowest BCUT2D eigenvalue weighted by molar-refractivity contribution is -0.126. The van der Waals surface area contributed by atoms with E-state index in [9.17, 15) is 13.2 Å². The van der Waals surface area contributed by atoms with E-state index in [1.807, 2.05) is 6.07 Å². The van der Waals surface area contributed by atoms with E-state index < -0.39 is 16.1 Å². The minimum Gasteiger partial charge on any atom is -0.353 e. The molecule has 0 bridgehead atoms. The third-order valence-corrected chi connectivity index (χ3v) is 8.05. The van der Waals surface area contributed by atoms with E-state index in [-0.39, 0.29) is 11.9 Å². The number of carbonyl (C=O) groups excluding carboxylic acids is 1. The first-order valence-electron chi connectivity index (χ1n) is 9.88. The molecule has 0 saturated carbocycles. The minimum absolute atomic E-state index is 0.160. The maximum absolute atomic E-state index is 12.8. The van der Waals surface area contributed by atoms with Gasteiger partial charge in [-0.05, 0) is 56.1 Å². The van der Waals surface area contributed by atoms with Gasteiger partial charge in [0.25, 0.3) is 0 Å². The van der Waals surface area contributed by atoms with Crippen LogP contribution in [0.2, 0.25) is 0 Å². The van der Waals surface area contributed by atoms with Gasteiger partial charge in [-0.3, -0.25) is 9.69 Å². The maximum atomic E-state index is 12.8. The van der Waals surface area contributed by atoms with Gasteiger partial charge in [0.1, 0.15) is 6.04 Å². The van der Waals surface area contributed by atoms with Crippen LogP contribution in [0.5, 0.6) is 0 Å². The van der Waals surface area contributed by atoms with Crippen molar-refractivity contribution in [2.75, 3.05) is 32.4 Å². The molecule has 8 heteroatoms. The lowest BCUT2D eigenvalue weighted by Gasteiger charge is -2.37. The summed E-state index contributed by atoms with van der Waals surface area (Å²) in [5, 5.41) is 5.14. The van der Waals surface area contributed by atoms with Gasteiger partial charge in [-0.25, -0.2) is 8.42 Å². The number of hydrogen-bond acceptors (Lipinski definition) is 5. The van der Waals surface area contributed by atoms with Crippen LogP contribution < -0.4 is 5.32 Å². The van der Waals surface area contributed by atoms with Gasteiger partial charge in [0.2, 0.25) is 15.9 Å². The Morgan fingerprint density at radius 1 is 1.26 bits per heavy atom. The summed E-state index contributed by atoms with van der Waals surface area (Å²) >= 11 is 1.72. The molecule has 0 spiro atoms. The Labute approximate surface area is 167 Å². The molecule has 1 N–H and O–H groups in total. The van der Waals surface area contributed by atoms with Crippen LogP contribution in [0.15, 0.2) is 17.5 Å². The molecule has 0 radical (unpaired) electrons. The molecule has 152 valence electrons. The van der Waals surface area contributed by atoms with Crippen LogP contribution in [0.25, 0.3) is 0 Å². The van der Waals surface area contributed by atoms with Gasteiger partial charge in [-0.15, -0.1) is 11.3 Å². The molecule has 2 atom stereocenters. The summed E-state index contributed by atoms with van der Waals surface area (Å²) in [6.45, 7) is 5.34. The number of carbonyl (C=O) groups is 1. The highest BCUT2D eigenvalue weighted by Crippen LogP contribution is 2.29. The smallest absolute Gasteiger partial charge is 0.238 e. The summed E-state index contributed by atoms with van der Waals surface area (Å²) in [6, 6.07) is 3.77. The average molecular weight is 414 g/mol. The van der Waals surface area contributed by atoms with Crippen LogP contribution in [-0.2, 0) is 14.8 Å². The van der Waals surface area contributed by atoms with Crippen molar-refractivity contribution in [1.29, 1.82) is 0 Å². The van der Waals surface area contributed by atoms with Crippen molar-refractivity contribution in [1.82, 2.24) is 14.5 Å². The van der Waals surface area contributed by atoms with Crippen molar-refractivity contribution in [3.8, 4) is 0 Å². The Kier molecular flexibility index (Phi) is 6.94. The van der Waals surface area contributed by atoms with Gasteiger partial charge < -0.3 is 5.32 Å². The van der Waals surface area contributed by atoms with E-state index in [2.05, 4.69) is 28.6 Å². The predicted molar refractivity (Wildman–Crippen MR) is 109 cm³/mol. The largest absolute Gasteiger partial charge is 0.353 e. The van der Waals surface area contributed by atoms with Gasteiger partial charge in [-0.2, -0.15) is 4.31 Å². The van der Waals surface area contributed by atoms with Crippen LogP contribution in [-0.4, -0.2) is 62.0 Å². The van der Waals surface area contributed by atoms with Crippen LogP contribution in [0.4, 0.5) is 0 Å². The monoisotopic (exact) mass is 413 g/mol. The average Bonchev–Trinajstić information content (AvgIpc) is 3.17. The van der Waals surface area contributed by atoms with Crippen molar-refractivity contribution >= 4 is 27.3 Å². The van der Waals surface area contributed by atoms with E-state index in [4.69, 9.17) is 0 Å². The van der Waals surface area contributed by atoms with E-state index in [0.29, 0.717) is 19.5 Å². The van der Waals surface area contributed by atoms with Crippen molar-refractivity contribution < 1.29 is 13.2 Å². The maximum Gasteiger partial charge on any atom is 0.238 e. The normalized spacial score (nSPS) is 24.6. The quantitative estimate of drug-likeness (QED) is 0.778. The second kappa shape index (κ2) is 9.03. The first-order valence-corrected chi connectivity index (χ1v) is 12.6. The number of piperidine rings is 2. The summed E-state index contributed by atoms with van der Waals surface area (Å²) < 4.78 is 25.5. The summed E-state index contributed by atoms with van der Waals surface area (Å²) in [5.41, 5.74) is 0. The molecule has 1 aromatic heterocycles. The number of thiophene rings is 1. The zero-order chi connectivity index (χ0) is 19.4. The van der Waals surface area contributed by atoms with Gasteiger partial charge >= 0.3 is 0 Å². The van der Waals surface area contributed by atoms with Crippen LogP contribution in [0.3, 0.4) is 0 Å². The van der Waals surface area contributed by atoms with E-state index in [0.717, 1.165) is 31.8 Å². The van der Waals surface area contributed by atoms with Crippen LogP contribution >= 0.6 is 11.3 Å². The second-order valence-electron chi connectivity index (χ2n) is 7.88. The molecule has 3 heterocycles. The molecule has 2 fully saturated rings. The van der Waals surface area contributed by atoms with E-state index in [1.165, 1.54) is 28.3 Å². The fourth-order valence-electron chi connectivity index (χ4n) is 4.11. The Bertz CT molecular complexity index is 713. The molecular formula is C19H31N3O3S2. The van der Waals surface area contributed by atoms with Crippen molar-refractivity contribution in [2.24, 2.45) is 5.92 Å². The number of hydrogen-bond donors (Lipinski definition) is 1. The molecule has 3 rings (SSSR count). The molecule has 1 aromatic rings. The number of nitrogens with one attached hydrogen (secondary N) is 1. The zero-order valence-corrected chi connectivity index (χ0v) is 17.9. The third-order valence-electron chi connectivity index (χ3n) is 5.78. The lowest BCUT2D eigenvalue weighted by atomic mass is 9.97. The predicted octanol–water partition coefficient (Wildman–Crippen LogP) is 2.45. The molecule has 6 nitrogen and oxygen atoms in total. The molecule has 2 aliphatic heterocycles. The number of nitrogens with zero attached hydrogens (tertiary/aromatic N) is 2. The van der Waals surface area contributed by atoms with Crippen molar-refractivity contribution in [2.45, 2.75) is 51.1 Å². The number of sulfonamides is 1. The highest BCUT2D eigenvalue weighted by atomic mass is 32.2. The second-order valence-corrected chi connectivity index (χ2v) is 10.8. The lowest BCUT2D eigenvalue weighted by Crippen LogP contribution is -2.52. The van der Waals surface area contributed by atoms with Crippen LogP contribution in [0.1, 0.15) is 49.9 Å². The van der Waals surface area contributed by atoms with Crippen molar-refractivity contribution in [3.05, 3.63) is 22.4 Å². The van der Waals surface area contributed by atoms with Crippen molar-refractivity contribution in [3.63, 3.8) is 0 Å². The summed E-state index contributed by atoms with van der Waals surface area (Å²) in [6.07, 6.45) is 5.87. The van der Waals surface area contributed by atoms with Crippen LogP contribution in [0, 0.1) is 5.92 Å². The van der Waals surface area contributed by atoms with E-state index in [1.54, 1.807) is 11.3 Å². The highest BCUT2D eigenvalue weighted by molar-refractivity contribution is 7.88. The molecule has 1 amide bonds. The molecule has 2 unspecified atom stereocenters. The SMILES string of the molecule is CC1CCN(C(CNC(=O)C2CCCCN2S(C)(=O)=O)c2cccs2)CC1. The first-order chi connectivity index (χ1) is 12.9. The summed E-state index contributed by atoms with van der Waals surface area (Å²) in [5.74, 6) is 0.595. The summed E-state index contributed by atoms with van der Waals surface area (Å²) in [4.78, 5) is 16.5. The summed E-state index contributed by atoms with van der Waals surface area (Å²) in [7, 11) is -3.36. The van der Waals surface area contributed by atoms with Gasteiger partial charge in [0, 0.05) is 18.0 Å². The molecule has 2 saturated heterocycles. The fraction of sp³-hybridized carbons (Fsp3) is 0.737. The standard InChI is InChI=1S/C19H31N3O3S2/c1-15-8-11-21(12-9-15)17(18-7-5-13-26-18)14-20-19(23)16-6-3-4-10-22(16)27(2,24)25/h5,7,13,15-17H,3-4,6,8-12,14H2,1-2H3,(H,20,23). The Hall–Kier alpha value is -0.960. The number of amides is 1. The first kappa shape index (κ1) is 20.8. The van der Waals surface area contributed by atoms with Gasteiger partial charge in [0.15, 0.2) is 0 Å². The Morgan fingerprint density at radius 3 is 2.63 bits per heavy atom. The fourth-order valence-corrected chi connectivity index (χ4v) is 6.09. The molecule has 2 aliphatic rings. The topological polar surface area (TPSA) is 69.7 Å². The zero-order valence-electron chi connectivity index (χ0n) is 16.3. The third kappa shape index (κ3) is 5.31. The Balaban J connectivity index is 1.66. The minimum atomic E-state index is -3.36. The van der Waals surface area contributed by atoms with Gasteiger partial charge in [-0.1, -0.05) is 19.4 Å². The number of likely N-dealkylation sites (tertiary alicyclic amines) is 1. The molecule has 0 aliphatic carbocycles. The van der Waals surface area contributed by atoms with E-state index >= 15 is 0 Å². The van der Waals surface area contributed by atoms with Gasteiger partial charge in [0.05, 0.1) is 12.3 Å².